The molecule has 0 aromatic carbocycles. The van der Waals surface area contributed by atoms with Crippen LogP contribution in [0.2, 0.25) is 0 Å². The van der Waals surface area contributed by atoms with E-state index in [9.17, 15) is 19.0 Å². The van der Waals surface area contributed by atoms with Crippen LogP contribution in [0.3, 0.4) is 0 Å². The zero-order valence-corrected chi connectivity index (χ0v) is 51.1. The van der Waals surface area contributed by atoms with Gasteiger partial charge < -0.3 is 19.4 Å². The van der Waals surface area contributed by atoms with Crippen molar-refractivity contribution in [1.29, 1.82) is 0 Å². The van der Waals surface area contributed by atoms with Gasteiger partial charge in [-0.05, 0) is 109 Å². The molecule has 0 aromatic rings. The van der Waals surface area contributed by atoms with Gasteiger partial charge in [0.1, 0.15) is 19.3 Å². The number of phosphoric acid groups is 1. The van der Waals surface area contributed by atoms with E-state index in [1.165, 1.54) is 96.3 Å². The molecule has 0 rings (SSSR count). The summed E-state index contributed by atoms with van der Waals surface area (Å²) in [4.78, 5) is 37.6. The molecule has 0 saturated carbocycles. The number of nitrogens with zero attached hydrogens (tertiary/aromatic N) is 1. The quantitative estimate of drug-likeness (QED) is 0.0205. The van der Waals surface area contributed by atoms with Gasteiger partial charge in [0.2, 0.25) is 5.91 Å². The first-order chi connectivity index (χ1) is 37.4. The molecule has 0 aliphatic heterocycles. The van der Waals surface area contributed by atoms with Gasteiger partial charge >= 0.3 is 13.8 Å². The number of likely N-dealkylation sites (N-methyl/N-ethyl adjacent to an activating group) is 1. The fraction of sp³-hybridized carbons (Fsp3) is 0.672. The van der Waals surface area contributed by atoms with Crippen molar-refractivity contribution in [2.24, 2.45) is 0 Å². The van der Waals surface area contributed by atoms with Crippen LogP contribution in [0.25, 0.3) is 0 Å². The highest BCUT2D eigenvalue weighted by molar-refractivity contribution is 7.47. The van der Waals surface area contributed by atoms with Crippen LogP contribution in [-0.2, 0) is 27.9 Å². The molecule has 440 valence electrons. The summed E-state index contributed by atoms with van der Waals surface area (Å²) in [7, 11) is 1.43. The minimum absolute atomic E-state index is 0.0187. The van der Waals surface area contributed by atoms with Crippen LogP contribution in [0.1, 0.15) is 239 Å². The SMILES string of the molecule is CC/C=C/C/C=C/C/C=C/C/C=C/C/C=C/CCC(=O)NC(COP(=O)(O)OCC[N+](C)(C)C)C(/C=C\CCCCCCCCCCCC)OC(=O)CCCCCCCCC/C=C\C/C=C\C/C=C\C/C=C\CCCCC. The maximum Gasteiger partial charge on any atom is 0.472 e. The number of hydrogen-bond donors (Lipinski definition) is 2. The average Bonchev–Trinajstić information content (AvgIpc) is 3.39. The lowest BCUT2D eigenvalue weighted by Gasteiger charge is -2.27. The molecular formula is C67H116N2O7P+. The molecular weight excluding hydrogens is 976 g/mol. The predicted molar refractivity (Wildman–Crippen MR) is 332 cm³/mol. The number of carbonyl (C=O) groups is 2. The van der Waals surface area contributed by atoms with E-state index < -0.39 is 20.0 Å². The lowest BCUT2D eigenvalue weighted by atomic mass is 10.1. The van der Waals surface area contributed by atoms with Crippen LogP contribution in [0, 0.1) is 0 Å². The largest absolute Gasteiger partial charge is 0.472 e. The van der Waals surface area contributed by atoms with Gasteiger partial charge in [-0.3, -0.25) is 18.6 Å². The monoisotopic (exact) mass is 1090 g/mol. The van der Waals surface area contributed by atoms with E-state index in [1.807, 2.05) is 45.4 Å². The molecule has 10 heteroatoms. The van der Waals surface area contributed by atoms with E-state index >= 15 is 0 Å². The Morgan fingerprint density at radius 2 is 0.844 bits per heavy atom. The summed E-state index contributed by atoms with van der Waals surface area (Å²) >= 11 is 0. The van der Waals surface area contributed by atoms with Gasteiger partial charge in [-0.15, -0.1) is 0 Å². The zero-order valence-electron chi connectivity index (χ0n) is 50.2. The van der Waals surface area contributed by atoms with Crippen LogP contribution < -0.4 is 5.32 Å². The number of amides is 1. The molecule has 0 bridgehead atoms. The average molecular weight is 1090 g/mol. The molecule has 0 heterocycles. The number of unbranched alkanes of at least 4 members (excludes halogenated alkanes) is 20. The number of ether oxygens (including phenoxy) is 1. The van der Waals surface area contributed by atoms with Crippen LogP contribution >= 0.6 is 7.82 Å². The molecule has 0 radical (unpaired) electrons. The zero-order chi connectivity index (χ0) is 56.4. The summed E-state index contributed by atoms with van der Waals surface area (Å²) < 4.78 is 30.6. The van der Waals surface area contributed by atoms with Crippen molar-refractivity contribution in [3.8, 4) is 0 Å². The highest BCUT2D eigenvalue weighted by Crippen LogP contribution is 2.43. The third-order valence-electron chi connectivity index (χ3n) is 12.9. The Morgan fingerprint density at radius 1 is 0.468 bits per heavy atom. The van der Waals surface area contributed by atoms with Gasteiger partial charge in [0, 0.05) is 12.8 Å². The number of nitrogens with one attached hydrogen (secondary N) is 1. The minimum Gasteiger partial charge on any atom is -0.456 e. The molecule has 0 spiro atoms. The van der Waals surface area contributed by atoms with Crippen molar-refractivity contribution in [1.82, 2.24) is 5.32 Å². The molecule has 77 heavy (non-hydrogen) atoms. The molecule has 3 atom stereocenters. The molecule has 3 unspecified atom stereocenters. The third kappa shape index (κ3) is 56.9. The van der Waals surface area contributed by atoms with E-state index in [0.717, 1.165) is 96.3 Å². The van der Waals surface area contributed by atoms with Gasteiger partial charge in [-0.25, -0.2) is 4.57 Å². The van der Waals surface area contributed by atoms with Crippen molar-refractivity contribution in [3.05, 3.63) is 122 Å². The van der Waals surface area contributed by atoms with E-state index in [2.05, 4.69) is 123 Å². The maximum atomic E-state index is 13.5. The molecule has 9 nitrogen and oxygen atoms in total. The molecule has 0 aromatic heterocycles. The Labute approximate surface area is 473 Å². The van der Waals surface area contributed by atoms with Crippen LogP contribution in [0.4, 0.5) is 0 Å². The Hall–Kier alpha value is -3.59. The van der Waals surface area contributed by atoms with Crippen LogP contribution in [-0.4, -0.2) is 74.3 Å². The number of rotatable bonds is 54. The fourth-order valence-corrected chi connectivity index (χ4v) is 8.88. The lowest BCUT2D eigenvalue weighted by molar-refractivity contribution is -0.870. The van der Waals surface area contributed by atoms with Gasteiger partial charge in [-0.1, -0.05) is 239 Å². The van der Waals surface area contributed by atoms with Crippen molar-refractivity contribution in [2.45, 2.75) is 251 Å². The minimum atomic E-state index is -4.48. The summed E-state index contributed by atoms with van der Waals surface area (Å²) in [6, 6.07) is -0.901. The standard InChI is InChI=1S/C67H115N2O7P/c1-7-10-13-16-19-22-25-28-30-32-33-34-35-36-37-38-40-42-45-48-51-54-57-60-67(71)76-65(58-55-52-49-46-43-27-24-21-18-15-12-9-3)64(63-75-77(72,73)74-62-61-69(4,5)6)68-66(70)59-56-53-50-47-44-41-39-31-29-26-23-20-17-14-11-8-2/h11,14,19-20,22-23,28-31,33-34,36-37,41,44,50,53,55,58,64-65H,7-10,12-13,15-18,21,24-27,32,35,38-40,42-43,45-49,51-52,54,56-57,59-63H2,1-6H3,(H-,68,70,72,73)/p+1/b14-11+,22-19-,23-20+,30-28-,31-29+,34-33-,37-36-,44-41+,53-50+,58-55-. The maximum absolute atomic E-state index is 13.5. The summed E-state index contributed by atoms with van der Waals surface area (Å²) in [5.74, 6) is -0.622. The molecule has 0 aliphatic rings. The summed E-state index contributed by atoms with van der Waals surface area (Å²) in [6.45, 7) is 6.79. The second-order valence-electron chi connectivity index (χ2n) is 21.5. The van der Waals surface area contributed by atoms with Gasteiger partial charge in [0.15, 0.2) is 0 Å². The second-order valence-corrected chi connectivity index (χ2v) is 22.9. The smallest absolute Gasteiger partial charge is 0.456 e. The first-order valence-electron chi connectivity index (χ1n) is 30.9. The van der Waals surface area contributed by atoms with Crippen molar-refractivity contribution in [3.63, 3.8) is 0 Å². The van der Waals surface area contributed by atoms with E-state index in [-0.39, 0.29) is 37.9 Å². The molecule has 2 N–H and O–H groups in total. The Balaban J connectivity index is 5.35. The van der Waals surface area contributed by atoms with Crippen molar-refractivity contribution < 1.29 is 37.3 Å². The molecule has 0 aliphatic carbocycles. The lowest BCUT2D eigenvalue weighted by Crippen LogP contribution is -2.47. The van der Waals surface area contributed by atoms with Gasteiger partial charge in [0.25, 0.3) is 0 Å². The van der Waals surface area contributed by atoms with E-state index in [0.29, 0.717) is 23.9 Å². The number of esters is 1. The number of carbonyl (C=O) groups excluding carboxylic acids is 2. The van der Waals surface area contributed by atoms with Crippen molar-refractivity contribution in [2.75, 3.05) is 40.9 Å². The van der Waals surface area contributed by atoms with Crippen LogP contribution in [0.15, 0.2) is 122 Å². The Kier molecular flexibility index (Phi) is 53.1. The predicted octanol–water partition coefficient (Wildman–Crippen LogP) is 19.1. The number of allylic oxidation sites excluding steroid dienone is 19. The molecule has 1 amide bonds. The molecule has 0 saturated heterocycles. The van der Waals surface area contributed by atoms with E-state index in [1.54, 1.807) is 0 Å². The van der Waals surface area contributed by atoms with Crippen molar-refractivity contribution >= 4 is 19.7 Å². The van der Waals surface area contributed by atoms with Gasteiger partial charge in [-0.2, -0.15) is 0 Å². The fourth-order valence-electron chi connectivity index (χ4n) is 8.14. The highest BCUT2D eigenvalue weighted by atomic mass is 31.2. The summed E-state index contributed by atoms with van der Waals surface area (Å²) in [5.41, 5.74) is 0. The van der Waals surface area contributed by atoms with Gasteiger partial charge in [0.05, 0.1) is 33.8 Å². The number of hydrogen-bond acceptors (Lipinski definition) is 6. The first kappa shape index (κ1) is 73.4. The molecule has 0 fully saturated rings. The number of quaternary nitrogens is 1. The second kappa shape index (κ2) is 55.7. The third-order valence-corrected chi connectivity index (χ3v) is 13.9. The summed E-state index contributed by atoms with van der Waals surface area (Å²) in [5, 5.41) is 3.00. The first-order valence-corrected chi connectivity index (χ1v) is 32.4. The normalized spacial score (nSPS) is 14.5. The number of phosphoric ester groups is 1. The van der Waals surface area contributed by atoms with E-state index in [4.69, 9.17) is 13.8 Å². The Morgan fingerprint density at radius 3 is 1.30 bits per heavy atom. The topological polar surface area (TPSA) is 111 Å². The van der Waals surface area contributed by atoms with Crippen LogP contribution in [0.5, 0.6) is 0 Å². The summed E-state index contributed by atoms with van der Waals surface area (Å²) in [6.07, 6.45) is 77.9. The highest BCUT2D eigenvalue weighted by Gasteiger charge is 2.30. The Bertz CT molecular complexity index is 1730.